The molecule has 20 heavy (non-hydrogen) atoms. The van der Waals surface area contributed by atoms with E-state index in [0.717, 1.165) is 0 Å². The minimum Gasteiger partial charge on any atom is -0.0622 e. The van der Waals surface area contributed by atoms with Crippen molar-refractivity contribution in [2.45, 2.75) is 12.8 Å². The molecule has 0 amide bonds. The van der Waals surface area contributed by atoms with Crippen LogP contribution in [0.5, 0.6) is 0 Å². The Morgan fingerprint density at radius 2 is 1.20 bits per heavy atom. The first-order chi connectivity index (χ1) is 9.84. The zero-order valence-corrected chi connectivity index (χ0v) is 12.8. The molecule has 0 spiro atoms. The second kappa shape index (κ2) is 6.32. The molecule has 0 bridgehead atoms. The van der Waals surface area contributed by atoms with Gasteiger partial charge in [-0.1, -0.05) is 66.2 Å². The highest BCUT2D eigenvalue weighted by molar-refractivity contribution is 7.96. The molecule has 0 aromatic heterocycles. The van der Waals surface area contributed by atoms with Gasteiger partial charge in [-0.2, -0.15) is 0 Å². The summed E-state index contributed by atoms with van der Waals surface area (Å²) in [6.07, 6.45) is 4.93. The third-order valence-corrected chi connectivity index (χ3v) is 5.79. The highest BCUT2D eigenvalue weighted by atomic mass is 32.2. The molecule has 1 heteroatoms. The van der Waals surface area contributed by atoms with E-state index in [-0.39, 0.29) is 0 Å². The number of benzene rings is 2. The molecule has 0 atom stereocenters. The first kappa shape index (κ1) is 13.5. The lowest BCUT2D eigenvalue weighted by molar-refractivity contribution is 0.959. The predicted molar refractivity (Wildman–Crippen MR) is 91.2 cm³/mol. The van der Waals surface area contributed by atoms with Crippen LogP contribution in [-0.2, 0) is 10.9 Å². The van der Waals surface area contributed by atoms with Crippen LogP contribution in [0.25, 0.3) is 5.57 Å². The number of hydrogen-bond donors (Lipinski definition) is 0. The van der Waals surface area contributed by atoms with E-state index in [1.165, 1.54) is 41.0 Å². The van der Waals surface area contributed by atoms with Gasteiger partial charge in [-0.15, -0.1) is 0 Å². The Morgan fingerprint density at radius 1 is 0.750 bits per heavy atom. The molecule has 0 nitrogen and oxygen atoms in total. The molecular formula is C19H21S+. The fraction of sp³-hybridized carbons (Fsp3) is 0.263. The van der Waals surface area contributed by atoms with E-state index in [0.29, 0.717) is 10.9 Å². The highest BCUT2D eigenvalue weighted by Gasteiger charge is 2.22. The van der Waals surface area contributed by atoms with Crippen molar-refractivity contribution < 1.29 is 0 Å². The molecule has 1 saturated heterocycles. The van der Waals surface area contributed by atoms with Gasteiger partial charge in [0.2, 0.25) is 0 Å². The van der Waals surface area contributed by atoms with E-state index >= 15 is 0 Å². The molecule has 3 rings (SSSR count). The summed E-state index contributed by atoms with van der Waals surface area (Å²) in [5, 5.41) is 0. The summed E-state index contributed by atoms with van der Waals surface area (Å²) in [6, 6.07) is 21.8. The lowest BCUT2D eigenvalue weighted by atomic mass is 9.90. The molecule has 0 N–H and O–H groups in total. The summed E-state index contributed by atoms with van der Waals surface area (Å²) < 4.78 is 0. The molecular weight excluding hydrogens is 260 g/mol. The van der Waals surface area contributed by atoms with E-state index in [2.05, 4.69) is 66.9 Å². The zero-order valence-electron chi connectivity index (χ0n) is 12.0. The molecule has 1 fully saturated rings. The molecule has 102 valence electrons. The fourth-order valence-corrected chi connectivity index (χ4v) is 4.25. The van der Waals surface area contributed by atoms with Gasteiger partial charge >= 0.3 is 0 Å². The Bertz CT molecular complexity index is 532. The molecule has 0 unspecified atom stereocenters. The maximum absolute atomic E-state index is 2.40. The van der Waals surface area contributed by atoms with Crippen LogP contribution in [0.4, 0.5) is 0 Å². The van der Waals surface area contributed by atoms with Crippen molar-refractivity contribution in [2.24, 2.45) is 0 Å². The standard InChI is InChI=1S/C19H21S/c1-20-14-12-18(13-15-20)19(16-8-4-2-5-9-16)17-10-6-3-7-11-17/h2-11H,12-15H2,1H3/q+1. The van der Waals surface area contributed by atoms with Gasteiger partial charge in [0.15, 0.2) is 0 Å². The fourth-order valence-electron chi connectivity index (χ4n) is 2.86. The topological polar surface area (TPSA) is 0 Å². The summed E-state index contributed by atoms with van der Waals surface area (Å²) in [7, 11) is 0.626. The van der Waals surface area contributed by atoms with E-state index in [1.807, 2.05) is 0 Å². The lowest BCUT2D eigenvalue weighted by Crippen LogP contribution is -2.18. The second-order valence-electron chi connectivity index (χ2n) is 5.40. The largest absolute Gasteiger partial charge is 0.111 e. The van der Waals surface area contributed by atoms with Crippen LogP contribution in [0.1, 0.15) is 24.0 Å². The van der Waals surface area contributed by atoms with Crippen molar-refractivity contribution in [3.63, 3.8) is 0 Å². The van der Waals surface area contributed by atoms with Crippen LogP contribution in [0, 0.1) is 0 Å². The van der Waals surface area contributed by atoms with Crippen LogP contribution in [0.2, 0.25) is 0 Å². The molecule has 1 aliphatic rings. The number of allylic oxidation sites excluding steroid dienone is 1. The quantitative estimate of drug-likeness (QED) is 0.709. The van der Waals surface area contributed by atoms with E-state index < -0.39 is 0 Å². The van der Waals surface area contributed by atoms with Crippen molar-refractivity contribution in [3.05, 3.63) is 77.4 Å². The van der Waals surface area contributed by atoms with Gasteiger partial charge < -0.3 is 0 Å². The minimum atomic E-state index is 0.626. The van der Waals surface area contributed by atoms with Gasteiger partial charge in [0.25, 0.3) is 0 Å². The molecule has 1 heterocycles. The maximum Gasteiger partial charge on any atom is 0.111 e. The Morgan fingerprint density at radius 3 is 1.65 bits per heavy atom. The Balaban J connectivity index is 2.07. The van der Waals surface area contributed by atoms with Gasteiger partial charge in [-0.3, -0.25) is 0 Å². The molecule has 0 saturated carbocycles. The first-order valence-electron chi connectivity index (χ1n) is 7.26. The molecule has 1 aliphatic heterocycles. The van der Waals surface area contributed by atoms with Gasteiger partial charge in [0.1, 0.15) is 11.5 Å². The highest BCUT2D eigenvalue weighted by Crippen LogP contribution is 2.32. The monoisotopic (exact) mass is 281 g/mol. The van der Waals surface area contributed by atoms with Gasteiger partial charge in [0, 0.05) is 12.8 Å². The molecule has 2 aromatic rings. The minimum absolute atomic E-state index is 0.626. The summed E-state index contributed by atoms with van der Waals surface area (Å²) >= 11 is 0. The molecule has 0 radical (unpaired) electrons. The third-order valence-electron chi connectivity index (χ3n) is 3.98. The predicted octanol–water partition coefficient (Wildman–Crippen LogP) is 4.53. The number of hydrogen-bond acceptors (Lipinski definition) is 0. The van der Waals surface area contributed by atoms with Crippen LogP contribution in [0.3, 0.4) is 0 Å². The van der Waals surface area contributed by atoms with Crippen molar-refractivity contribution in [1.29, 1.82) is 0 Å². The molecule has 2 aromatic carbocycles. The van der Waals surface area contributed by atoms with Crippen molar-refractivity contribution in [3.8, 4) is 0 Å². The average Bonchev–Trinajstić information content (AvgIpc) is 2.52. The summed E-state index contributed by atoms with van der Waals surface area (Å²) in [5.41, 5.74) is 5.86. The van der Waals surface area contributed by atoms with Crippen molar-refractivity contribution in [2.75, 3.05) is 17.8 Å². The lowest BCUT2D eigenvalue weighted by Gasteiger charge is -2.20. The normalized spacial score (nSPS) is 18.9. The van der Waals surface area contributed by atoms with Crippen LogP contribution >= 0.6 is 0 Å². The first-order valence-corrected chi connectivity index (χ1v) is 9.24. The third kappa shape index (κ3) is 2.99. The van der Waals surface area contributed by atoms with Gasteiger partial charge in [0.05, 0.1) is 6.26 Å². The van der Waals surface area contributed by atoms with Gasteiger partial charge in [-0.05, 0) is 27.6 Å². The van der Waals surface area contributed by atoms with Crippen LogP contribution in [0.15, 0.2) is 66.2 Å². The average molecular weight is 281 g/mol. The molecule has 0 aliphatic carbocycles. The maximum atomic E-state index is 2.40. The van der Waals surface area contributed by atoms with Crippen molar-refractivity contribution >= 4 is 16.5 Å². The summed E-state index contributed by atoms with van der Waals surface area (Å²) in [5.74, 6) is 2.72. The van der Waals surface area contributed by atoms with Gasteiger partial charge in [-0.25, -0.2) is 0 Å². The Hall–Kier alpha value is -1.47. The van der Waals surface area contributed by atoms with Crippen molar-refractivity contribution in [1.82, 2.24) is 0 Å². The smallest absolute Gasteiger partial charge is 0.0622 e. The van der Waals surface area contributed by atoms with Crippen LogP contribution in [-0.4, -0.2) is 17.8 Å². The SMILES string of the molecule is C[S+]1CCC(=C(c2ccccc2)c2ccccc2)CC1. The Kier molecular flexibility index (Phi) is 4.27. The second-order valence-corrected chi connectivity index (χ2v) is 7.78. The van der Waals surface area contributed by atoms with Crippen LogP contribution < -0.4 is 0 Å². The van der Waals surface area contributed by atoms with E-state index in [9.17, 15) is 0 Å². The zero-order chi connectivity index (χ0) is 13.8. The summed E-state index contributed by atoms with van der Waals surface area (Å²) in [4.78, 5) is 0. The van der Waals surface area contributed by atoms with E-state index in [1.54, 1.807) is 5.57 Å². The summed E-state index contributed by atoms with van der Waals surface area (Å²) in [6.45, 7) is 0. The number of rotatable bonds is 2. The van der Waals surface area contributed by atoms with E-state index in [4.69, 9.17) is 0 Å². The Labute approximate surface area is 124 Å².